The highest BCUT2D eigenvalue weighted by Gasteiger charge is 2.39. The molecular formula is C19H17NO4. The van der Waals surface area contributed by atoms with E-state index in [0.29, 0.717) is 17.7 Å². The molecule has 1 aliphatic heterocycles. The van der Waals surface area contributed by atoms with E-state index >= 15 is 0 Å². The standard InChI is InChI=1S/C19H17NO4/c1-2-24-19(23)14-10-16(21)13-9-15-12-6-4-3-5-11(12)7-8-20(15)18(22)17(13)14/h3-6,9,14H,2,7-8,10H2,1H3. The lowest BCUT2D eigenvalue weighted by molar-refractivity contribution is -0.144. The topological polar surface area (TPSA) is 65.4 Å². The molecule has 1 unspecified atom stereocenters. The highest BCUT2D eigenvalue weighted by Crippen LogP contribution is 2.36. The highest BCUT2D eigenvalue weighted by atomic mass is 16.5. The third-order valence-corrected chi connectivity index (χ3v) is 4.85. The minimum Gasteiger partial charge on any atom is -0.466 e. The molecule has 1 aromatic heterocycles. The number of fused-ring (bicyclic) bond motifs is 4. The number of rotatable bonds is 2. The molecule has 1 aliphatic carbocycles. The van der Waals surface area contributed by atoms with Crippen LogP contribution in [0.4, 0.5) is 0 Å². The van der Waals surface area contributed by atoms with E-state index < -0.39 is 11.9 Å². The maximum absolute atomic E-state index is 13.0. The number of esters is 1. The Hall–Kier alpha value is -2.69. The quantitative estimate of drug-likeness (QED) is 0.796. The smallest absolute Gasteiger partial charge is 0.314 e. The third kappa shape index (κ3) is 2.04. The maximum atomic E-state index is 13.0. The molecule has 0 spiro atoms. The summed E-state index contributed by atoms with van der Waals surface area (Å²) in [6.07, 6.45) is 0.786. The summed E-state index contributed by atoms with van der Waals surface area (Å²) in [4.78, 5) is 37.5. The minimum absolute atomic E-state index is 0.0223. The zero-order chi connectivity index (χ0) is 16.8. The van der Waals surface area contributed by atoms with E-state index in [2.05, 4.69) is 0 Å². The molecule has 24 heavy (non-hydrogen) atoms. The summed E-state index contributed by atoms with van der Waals surface area (Å²) in [5, 5.41) is 0. The first-order valence-electron chi connectivity index (χ1n) is 8.17. The van der Waals surface area contributed by atoms with Crippen molar-refractivity contribution in [3.05, 3.63) is 57.4 Å². The molecule has 0 bridgehead atoms. The first-order valence-corrected chi connectivity index (χ1v) is 8.17. The molecule has 5 nitrogen and oxygen atoms in total. The number of pyridine rings is 1. The molecule has 2 aliphatic rings. The summed E-state index contributed by atoms with van der Waals surface area (Å²) in [6, 6.07) is 9.68. The van der Waals surface area contributed by atoms with E-state index in [1.54, 1.807) is 17.6 Å². The average molecular weight is 323 g/mol. The number of hydrogen-bond acceptors (Lipinski definition) is 4. The summed E-state index contributed by atoms with van der Waals surface area (Å²) < 4.78 is 6.73. The van der Waals surface area contributed by atoms with Crippen LogP contribution in [0.15, 0.2) is 35.1 Å². The molecule has 0 fully saturated rings. The summed E-state index contributed by atoms with van der Waals surface area (Å²) in [5.74, 6) is -1.42. The fraction of sp³-hybridized carbons (Fsp3) is 0.316. The Bertz CT molecular complexity index is 925. The van der Waals surface area contributed by atoms with Crippen LogP contribution in [0.3, 0.4) is 0 Å². The van der Waals surface area contributed by atoms with Gasteiger partial charge < -0.3 is 9.30 Å². The van der Waals surface area contributed by atoms with Crippen molar-refractivity contribution in [1.29, 1.82) is 0 Å². The number of carbonyl (C=O) groups is 2. The predicted octanol–water partition coefficient (Wildman–Crippen LogP) is 2.30. The van der Waals surface area contributed by atoms with Crippen molar-refractivity contribution in [2.75, 3.05) is 6.61 Å². The van der Waals surface area contributed by atoms with Gasteiger partial charge in [0.2, 0.25) is 0 Å². The lowest BCUT2D eigenvalue weighted by Crippen LogP contribution is -2.31. The fourth-order valence-corrected chi connectivity index (χ4v) is 3.74. The number of benzene rings is 1. The van der Waals surface area contributed by atoms with Crippen LogP contribution in [-0.2, 0) is 22.5 Å². The van der Waals surface area contributed by atoms with Gasteiger partial charge in [0.1, 0.15) is 0 Å². The van der Waals surface area contributed by atoms with Crippen molar-refractivity contribution in [2.45, 2.75) is 32.2 Å². The Morgan fingerprint density at radius 3 is 2.83 bits per heavy atom. The molecule has 0 radical (unpaired) electrons. The van der Waals surface area contributed by atoms with Crippen LogP contribution in [0.2, 0.25) is 0 Å². The second-order valence-corrected chi connectivity index (χ2v) is 6.15. The van der Waals surface area contributed by atoms with Gasteiger partial charge in [0.25, 0.3) is 5.56 Å². The molecule has 2 heterocycles. The van der Waals surface area contributed by atoms with E-state index in [0.717, 1.165) is 17.7 Å². The van der Waals surface area contributed by atoms with Crippen molar-refractivity contribution >= 4 is 11.8 Å². The highest BCUT2D eigenvalue weighted by molar-refractivity contribution is 6.06. The molecule has 0 N–H and O–H groups in total. The van der Waals surface area contributed by atoms with Crippen molar-refractivity contribution in [1.82, 2.24) is 4.57 Å². The Balaban J connectivity index is 1.93. The summed E-state index contributed by atoms with van der Waals surface area (Å²) in [6.45, 7) is 2.51. The Morgan fingerprint density at radius 2 is 2.04 bits per heavy atom. The van der Waals surface area contributed by atoms with Crippen molar-refractivity contribution in [2.24, 2.45) is 0 Å². The van der Waals surface area contributed by atoms with Crippen LogP contribution < -0.4 is 5.56 Å². The number of aromatic nitrogens is 1. The van der Waals surface area contributed by atoms with E-state index in [1.165, 1.54) is 5.56 Å². The van der Waals surface area contributed by atoms with Gasteiger partial charge in [0.05, 0.1) is 18.2 Å². The number of ether oxygens (including phenoxy) is 1. The van der Waals surface area contributed by atoms with Crippen molar-refractivity contribution in [3.8, 4) is 11.3 Å². The van der Waals surface area contributed by atoms with Gasteiger partial charge in [-0.1, -0.05) is 24.3 Å². The van der Waals surface area contributed by atoms with Crippen LogP contribution in [0, 0.1) is 0 Å². The maximum Gasteiger partial charge on any atom is 0.314 e. The van der Waals surface area contributed by atoms with Gasteiger partial charge in [-0.3, -0.25) is 14.4 Å². The number of aryl methyl sites for hydroxylation is 1. The first-order chi connectivity index (χ1) is 11.6. The molecule has 0 saturated heterocycles. The van der Waals surface area contributed by atoms with Gasteiger partial charge >= 0.3 is 5.97 Å². The number of nitrogens with zero attached hydrogens (tertiary/aromatic N) is 1. The molecule has 1 aromatic carbocycles. The van der Waals surface area contributed by atoms with Crippen molar-refractivity contribution in [3.63, 3.8) is 0 Å². The Morgan fingerprint density at radius 1 is 1.25 bits per heavy atom. The van der Waals surface area contributed by atoms with E-state index in [-0.39, 0.29) is 24.4 Å². The molecular weight excluding hydrogens is 306 g/mol. The molecule has 4 rings (SSSR count). The summed E-state index contributed by atoms with van der Waals surface area (Å²) in [5.41, 5.74) is 3.36. The largest absolute Gasteiger partial charge is 0.466 e. The molecule has 0 saturated carbocycles. The predicted molar refractivity (Wildman–Crippen MR) is 88.2 cm³/mol. The zero-order valence-corrected chi connectivity index (χ0v) is 13.4. The van der Waals surface area contributed by atoms with E-state index in [4.69, 9.17) is 4.74 Å². The molecule has 0 amide bonds. The second kappa shape index (κ2) is 5.44. The fourth-order valence-electron chi connectivity index (χ4n) is 3.74. The molecule has 122 valence electrons. The number of ketones is 1. The van der Waals surface area contributed by atoms with E-state index in [1.807, 2.05) is 24.3 Å². The second-order valence-electron chi connectivity index (χ2n) is 6.15. The van der Waals surface area contributed by atoms with Crippen LogP contribution >= 0.6 is 0 Å². The normalized spacial score (nSPS) is 17.9. The lowest BCUT2D eigenvalue weighted by Gasteiger charge is -2.23. The van der Waals surface area contributed by atoms with Crippen LogP contribution in [0.1, 0.15) is 40.7 Å². The SMILES string of the molecule is CCOC(=O)C1CC(=O)c2cc3n(c(=O)c21)CCc1ccccc1-3. The summed E-state index contributed by atoms with van der Waals surface area (Å²) in [7, 11) is 0. The van der Waals surface area contributed by atoms with Gasteiger partial charge in [0.15, 0.2) is 5.78 Å². The first kappa shape index (κ1) is 14.9. The number of hydrogen-bond donors (Lipinski definition) is 0. The Labute approximate surface area is 138 Å². The molecule has 5 heteroatoms. The lowest BCUT2D eigenvalue weighted by atomic mass is 9.94. The van der Waals surface area contributed by atoms with Crippen LogP contribution in [0.5, 0.6) is 0 Å². The van der Waals surface area contributed by atoms with Gasteiger partial charge in [-0.2, -0.15) is 0 Å². The number of Topliss-reactive ketones (excluding diaryl/α,β-unsaturated/α-hetero) is 1. The van der Waals surface area contributed by atoms with E-state index in [9.17, 15) is 14.4 Å². The third-order valence-electron chi connectivity index (χ3n) is 4.85. The van der Waals surface area contributed by atoms with Gasteiger partial charge in [-0.15, -0.1) is 0 Å². The molecule has 2 aromatic rings. The van der Waals surface area contributed by atoms with Crippen molar-refractivity contribution < 1.29 is 14.3 Å². The Kier molecular flexibility index (Phi) is 3.37. The van der Waals surface area contributed by atoms with Crippen LogP contribution in [0.25, 0.3) is 11.3 Å². The average Bonchev–Trinajstić information content (AvgIpc) is 2.92. The summed E-state index contributed by atoms with van der Waals surface area (Å²) >= 11 is 0. The van der Waals surface area contributed by atoms with Crippen LogP contribution in [-0.4, -0.2) is 22.9 Å². The zero-order valence-electron chi connectivity index (χ0n) is 13.4. The monoisotopic (exact) mass is 323 g/mol. The van der Waals surface area contributed by atoms with Gasteiger partial charge in [0, 0.05) is 29.7 Å². The minimum atomic E-state index is -0.769. The van der Waals surface area contributed by atoms with Gasteiger partial charge in [-0.05, 0) is 25.0 Å². The van der Waals surface area contributed by atoms with Gasteiger partial charge in [-0.25, -0.2) is 0 Å². The number of carbonyl (C=O) groups excluding carboxylic acids is 2. The molecule has 1 atom stereocenters.